The quantitative estimate of drug-likeness (QED) is 0.267. The van der Waals surface area contributed by atoms with Crippen molar-refractivity contribution < 1.29 is 34.4 Å². The third kappa shape index (κ3) is 27.2. The molecule has 9 heteroatoms. The van der Waals surface area contributed by atoms with Crippen LogP contribution in [0.3, 0.4) is 0 Å². The van der Waals surface area contributed by atoms with E-state index in [4.69, 9.17) is 4.74 Å². The van der Waals surface area contributed by atoms with Crippen LogP contribution in [0.4, 0.5) is 25.2 Å². The first-order valence-corrected chi connectivity index (χ1v) is 8.03. The predicted molar refractivity (Wildman–Crippen MR) is 66.5 cm³/mol. The summed E-state index contributed by atoms with van der Waals surface area (Å²) in [5, 5.41) is 0. The number of hydrogen-bond donors (Lipinski definition) is 0. The van der Waals surface area contributed by atoms with Crippen LogP contribution in [-0.2, 0) is 4.74 Å². The second kappa shape index (κ2) is 6.14. The van der Waals surface area contributed by atoms with Gasteiger partial charge in [0.15, 0.2) is 6.73 Å². The fraction of sp³-hybridized carbons (Fsp3) is 1.00. The first-order chi connectivity index (χ1) is 7.99. The van der Waals surface area contributed by atoms with Crippen LogP contribution in [0.2, 0.25) is 0 Å². The van der Waals surface area contributed by atoms with Crippen molar-refractivity contribution in [1.82, 2.24) is 0 Å². The average molecular weight is 319 g/mol. The first-order valence-electron chi connectivity index (χ1n) is 6.00. The molecule has 0 aromatic heterocycles. The molecule has 0 bridgehead atoms. The van der Waals surface area contributed by atoms with E-state index in [2.05, 4.69) is 34.7 Å². The summed E-state index contributed by atoms with van der Waals surface area (Å²) in [6.07, 6.45) is 1.58. The molecule has 0 aromatic rings. The fourth-order valence-electron chi connectivity index (χ4n) is 1.18. The zero-order chi connectivity index (χ0) is 16.0. The zero-order valence-corrected chi connectivity index (χ0v) is 12.9. The average Bonchev–Trinajstić information content (AvgIpc) is 2.10. The van der Waals surface area contributed by atoms with Crippen molar-refractivity contribution in [2.45, 2.75) is 40.2 Å². The number of quaternary nitrogens is 1. The van der Waals surface area contributed by atoms with Gasteiger partial charge in [-0.05, 0) is 27.2 Å². The maximum atomic E-state index is 9.87. The maximum absolute atomic E-state index is 10.7. The summed E-state index contributed by atoms with van der Waals surface area (Å²) in [6, 6.07) is 0. The van der Waals surface area contributed by atoms with Gasteiger partial charge in [-0.1, -0.05) is 6.92 Å². The molecule has 0 fully saturated rings. The molecule has 1 unspecified atom stereocenters. The molecule has 1 atom stereocenters. The van der Waals surface area contributed by atoms with Gasteiger partial charge in [-0.2, -0.15) is 0 Å². The number of ether oxygens (including phenoxy) is 1. The standard InChI is InChI=1S/C10H24NO.F6P/c1-6-8-11(5,7-2)9-12-10(3)4;1-7(2,3,4,5)6/h10H,6-9H2,1-5H3;/q+1;-1. The minimum atomic E-state index is -10.7. The summed E-state index contributed by atoms with van der Waals surface area (Å²) in [4.78, 5) is 0. The van der Waals surface area contributed by atoms with Gasteiger partial charge in [-0.3, -0.25) is 0 Å². The molecule has 19 heavy (non-hydrogen) atoms. The SMILES string of the molecule is CCC[N+](C)(CC)COC(C)C.F[P-](F)(F)(F)(F)F. The van der Waals surface area contributed by atoms with Gasteiger partial charge in [0, 0.05) is 0 Å². The number of hydrogen-bond acceptors (Lipinski definition) is 1. The number of halogens is 6. The number of nitrogens with zero attached hydrogens (tertiary/aromatic N) is 1. The van der Waals surface area contributed by atoms with Crippen molar-refractivity contribution in [3.63, 3.8) is 0 Å². The summed E-state index contributed by atoms with van der Waals surface area (Å²) in [7, 11) is -8.40. The van der Waals surface area contributed by atoms with Gasteiger partial charge in [-0.25, -0.2) is 0 Å². The molecule has 0 heterocycles. The van der Waals surface area contributed by atoms with E-state index in [1.165, 1.54) is 13.0 Å². The van der Waals surface area contributed by atoms with Crippen LogP contribution < -0.4 is 0 Å². The Morgan fingerprint density at radius 1 is 1.00 bits per heavy atom. The molecule has 0 aliphatic rings. The summed E-state index contributed by atoms with van der Waals surface area (Å²) in [5.41, 5.74) is 0. The van der Waals surface area contributed by atoms with Crippen LogP contribution in [-0.4, -0.2) is 37.5 Å². The first kappa shape index (κ1) is 21.2. The second-order valence-electron chi connectivity index (χ2n) is 4.96. The van der Waals surface area contributed by atoms with Crippen LogP contribution in [0.5, 0.6) is 0 Å². The molecule has 0 rings (SSSR count). The summed E-state index contributed by atoms with van der Waals surface area (Å²) in [6.45, 7) is 11.8. The van der Waals surface area contributed by atoms with E-state index in [9.17, 15) is 25.2 Å². The molecular weight excluding hydrogens is 295 g/mol. The summed E-state index contributed by atoms with van der Waals surface area (Å²) >= 11 is 0. The van der Waals surface area contributed by atoms with Gasteiger partial charge in [0.2, 0.25) is 0 Å². The van der Waals surface area contributed by atoms with Crippen molar-refractivity contribution in [3.8, 4) is 0 Å². The Balaban J connectivity index is 0. The van der Waals surface area contributed by atoms with Crippen molar-refractivity contribution in [2.24, 2.45) is 0 Å². The molecule has 0 saturated heterocycles. The molecule has 0 N–H and O–H groups in total. The molecule has 0 aliphatic heterocycles. The predicted octanol–water partition coefficient (Wildman–Crippen LogP) is 5.63. The normalized spacial score (nSPS) is 18.9. The van der Waals surface area contributed by atoms with Crippen molar-refractivity contribution in [3.05, 3.63) is 0 Å². The molecule has 0 saturated carbocycles. The minimum absolute atomic E-state index is 0.353. The van der Waals surface area contributed by atoms with Gasteiger partial charge in [-0.15, -0.1) is 0 Å². The van der Waals surface area contributed by atoms with Crippen molar-refractivity contribution >= 4 is 7.81 Å². The van der Waals surface area contributed by atoms with E-state index in [1.807, 2.05) is 0 Å². The Labute approximate surface area is 110 Å². The molecule has 2 nitrogen and oxygen atoms in total. The van der Waals surface area contributed by atoms with E-state index in [1.54, 1.807) is 0 Å². The van der Waals surface area contributed by atoms with Crippen LogP contribution in [0.15, 0.2) is 0 Å². The van der Waals surface area contributed by atoms with Crippen LogP contribution in [0, 0.1) is 0 Å². The summed E-state index contributed by atoms with van der Waals surface area (Å²) in [5.74, 6) is 0. The van der Waals surface area contributed by atoms with Gasteiger partial charge in [0.05, 0.1) is 26.2 Å². The molecule has 0 aromatic carbocycles. The van der Waals surface area contributed by atoms with E-state index in [0.717, 1.165) is 17.8 Å². The molecule has 122 valence electrons. The Hall–Kier alpha value is -0.0700. The topological polar surface area (TPSA) is 9.23 Å². The molecule has 0 amide bonds. The zero-order valence-electron chi connectivity index (χ0n) is 12.0. The Morgan fingerprint density at radius 2 is 1.37 bits per heavy atom. The second-order valence-corrected chi connectivity index (χ2v) is 6.88. The van der Waals surface area contributed by atoms with Crippen LogP contribution in [0.25, 0.3) is 0 Å². The van der Waals surface area contributed by atoms with Crippen molar-refractivity contribution in [1.29, 1.82) is 0 Å². The molecule has 0 spiro atoms. The molecule has 0 radical (unpaired) electrons. The van der Waals surface area contributed by atoms with E-state index in [-0.39, 0.29) is 0 Å². The van der Waals surface area contributed by atoms with Crippen LogP contribution in [0.1, 0.15) is 34.1 Å². The van der Waals surface area contributed by atoms with E-state index >= 15 is 0 Å². The van der Waals surface area contributed by atoms with Gasteiger partial charge in [0.25, 0.3) is 0 Å². The van der Waals surface area contributed by atoms with Gasteiger partial charge >= 0.3 is 33.0 Å². The third-order valence-corrected chi connectivity index (χ3v) is 2.25. The van der Waals surface area contributed by atoms with Crippen molar-refractivity contribution in [2.75, 3.05) is 26.9 Å². The fourth-order valence-corrected chi connectivity index (χ4v) is 1.18. The van der Waals surface area contributed by atoms with Gasteiger partial charge in [0.1, 0.15) is 0 Å². The Bertz CT molecular complexity index is 253. The third-order valence-electron chi connectivity index (χ3n) is 2.25. The summed E-state index contributed by atoms with van der Waals surface area (Å²) < 4.78 is 65.9. The van der Waals surface area contributed by atoms with E-state index in [0.29, 0.717) is 6.10 Å². The number of rotatable bonds is 6. The van der Waals surface area contributed by atoms with Crippen LogP contribution >= 0.6 is 7.81 Å². The Morgan fingerprint density at radius 3 is 1.58 bits per heavy atom. The molecular formula is C10H24F6NOP. The Kier molecular flexibility index (Phi) is 6.86. The van der Waals surface area contributed by atoms with Gasteiger partial charge < -0.3 is 9.22 Å². The van der Waals surface area contributed by atoms with E-state index < -0.39 is 7.81 Å². The monoisotopic (exact) mass is 319 g/mol. The molecule has 0 aliphatic carbocycles.